The summed E-state index contributed by atoms with van der Waals surface area (Å²) in [5.41, 5.74) is 12.9. The molecule has 31 nitrogen and oxygen atoms in total. The second-order valence-electron chi connectivity index (χ2n) is 28.7. The second-order valence-corrected chi connectivity index (χ2v) is 32.7. The van der Waals surface area contributed by atoms with Gasteiger partial charge in [-0.05, 0) is 171 Å². The van der Waals surface area contributed by atoms with Crippen molar-refractivity contribution in [1.82, 2.24) is 84.5 Å². The minimum Gasteiger partial charge on any atom is -0.478 e. The number of amides is 5. The van der Waals surface area contributed by atoms with Crippen LogP contribution in [0.4, 0.5) is 70.7 Å². The number of hydrogen-bond acceptors (Lipinski definition) is 25. The quantitative estimate of drug-likeness (QED) is 0.0351. The number of hydrogen-bond donors (Lipinski definition) is 7. The number of nitrogens with zero attached hydrogens (tertiary/aromatic N) is 16. The van der Waals surface area contributed by atoms with Gasteiger partial charge in [-0.2, -0.15) is 0 Å². The van der Waals surface area contributed by atoms with Crippen molar-refractivity contribution < 1.29 is 44.7 Å². The first-order chi connectivity index (χ1) is 54.5. The Morgan fingerprint density at radius 2 is 1.05 bits per heavy atom. The monoisotopic (exact) mass is 1590 g/mol. The fourth-order valence-corrected chi connectivity index (χ4v) is 15.7. The third-order valence-electron chi connectivity index (χ3n) is 20.1. The highest BCUT2D eigenvalue weighted by Crippen LogP contribution is 2.41. The van der Waals surface area contributed by atoms with Gasteiger partial charge in [-0.15, -0.1) is 5.10 Å². The number of carbonyl (C=O) groups is 3. The van der Waals surface area contributed by atoms with E-state index in [1.54, 1.807) is 42.8 Å². The molecule has 2 fully saturated rings. The van der Waals surface area contributed by atoms with Crippen LogP contribution < -0.4 is 42.0 Å². The Morgan fingerprint density at radius 1 is 0.579 bits per heavy atom. The number of urea groups is 2. The molecule has 2 aromatic carbocycles. The molecule has 0 radical (unpaired) electrons. The van der Waals surface area contributed by atoms with Crippen molar-refractivity contribution in [2.24, 2.45) is 7.05 Å². The molecule has 7 N–H and O–H groups in total. The number of benzene rings is 2. The molecule has 7 aromatic heterocycles. The molecule has 0 spiro atoms. The lowest BCUT2D eigenvalue weighted by Crippen LogP contribution is -2.52. The predicted octanol–water partition coefficient (Wildman–Crippen LogP) is 10.4. The van der Waals surface area contributed by atoms with Gasteiger partial charge < -0.3 is 46.0 Å². The number of nitrogens with one attached hydrogen (secondary N) is 7. The van der Waals surface area contributed by atoms with Crippen LogP contribution in [0, 0.1) is 32.4 Å². The number of aryl methyl sites for hydroxylation is 4. The molecule has 598 valence electrons. The van der Waals surface area contributed by atoms with E-state index >= 15 is 0 Å². The van der Waals surface area contributed by atoms with E-state index in [0.717, 1.165) is 132 Å². The number of aromatic nitrogens is 12. The van der Waals surface area contributed by atoms with E-state index in [2.05, 4.69) is 122 Å². The van der Waals surface area contributed by atoms with E-state index < -0.39 is 41.1 Å². The average molecular weight is 1590 g/mol. The highest BCUT2D eigenvalue weighted by molar-refractivity contribution is 7.91. The van der Waals surface area contributed by atoms with Crippen molar-refractivity contribution in [1.29, 1.82) is 0 Å². The number of rotatable bonds is 21. The molecule has 5 aliphatic rings. The summed E-state index contributed by atoms with van der Waals surface area (Å²) >= 11 is 0. The number of ether oxygens (including phenoxy) is 1. The second kappa shape index (κ2) is 35.2. The van der Waals surface area contributed by atoms with Crippen molar-refractivity contribution >= 4 is 107 Å². The van der Waals surface area contributed by atoms with Crippen LogP contribution >= 0.6 is 0 Å². The van der Waals surface area contributed by atoms with Crippen LogP contribution in [-0.2, 0) is 50.8 Å². The smallest absolute Gasteiger partial charge is 0.323 e. The van der Waals surface area contributed by atoms with Gasteiger partial charge in [-0.25, -0.2) is 85.0 Å². The largest absolute Gasteiger partial charge is 0.478 e. The zero-order valence-corrected chi connectivity index (χ0v) is 67.4. The number of likely N-dealkylation sites (tertiary alicyclic amines) is 1. The van der Waals surface area contributed by atoms with Crippen molar-refractivity contribution in [3.63, 3.8) is 0 Å². The van der Waals surface area contributed by atoms with Gasteiger partial charge in [-0.1, -0.05) is 37.3 Å². The topological polar surface area (TPSA) is 373 Å². The normalized spacial score (nSPS) is 15.1. The molecule has 35 heteroatoms. The molecular weight excluding hydrogens is 1500 g/mol. The first-order valence-electron chi connectivity index (χ1n) is 37.3. The van der Waals surface area contributed by atoms with Crippen LogP contribution in [0.3, 0.4) is 0 Å². The zero-order chi connectivity index (χ0) is 81.4. The van der Waals surface area contributed by atoms with E-state index in [0.29, 0.717) is 84.3 Å². The fourth-order valence-electron chi connectivity index (χ4n) is 14.2. The van der Waals surface area contributed by atoms with Crippen molar-refractivity contribution in [3.8, 4) is 5.88 Å². The number of piperazine rings is 1. The number of anilines is 9. The van der Waals surface area contributed by atoms with E-state index in [1.807, 2.05) is 90.9 Å². The molecule has 14 rings (SSSR count). The summed E-state index contributed by atoms with van der Waals surface area (Å²) in [6.45, 7) is 19.7. The predicted molar refractivity (Wildman–Crippen MR) is 433 cm³/mol. The molecular formula is C79H93F2N23O8S2. The number of fused-ring (bicyclic) bond motifs is 3. The van der Waals surface area contributed by atoms with Crippen LogP contribution in [0.15, 0.2) is 120 Å². The number of methoxy groups -OCH3 is 1. The van der Waals surface area contributed by atoms with E-state index in [9.17, 15) is 40.0 Å². The Morgan fingerprint density at radius 3 is 1.54 bits per heavy atom. The Balaban J connectivity index is 0.000000159. The Labute approximate surface area is 661 Å². The number of halogens is 2. The number of piperidine rings is 1. The maximum absolute atomic E-state index is 14.9. The molecule has 2 aliphatic heterocycles. The summed E-state index contributed by atoms with van der Waals surface area (Å²) < 4.78 is 84.3. The minimum atomic E-state index is -3.75. The molecule has 3 aliphatic carbocycles. The molecule has 114 heavy (non-hydrogen) atoms. The van der Waals surface area contributed by atoms with Gasteiger partial charge in [0, 0.05) is 129 Å². The lowest BCUT2D eigenvalue weighted by molar-refractivity contribution is -0.122. The van der Waals surface area contributed by atoms with Gasteiger partial charge in [0.2, 0.25) is 23.8 Å². The summed E-state index contributed by atoms with van der Waals surface area (Å²) in [5.74, 6) is 0.805. The van der Waals surface area contributed by atoms with Crippen molar-refractivity contribution in [2.75, 3.05) is 111 Å². The third kappa shape index (κ3) is 18.7. The van der Waals surface area contributed by atoms with Crippen LogP contribution in [0.25, 0.3) is 16.7 Å². The molecule has 1 unspecified atom stereocenters. The van der Waals surface area contributed by atoms with E-state index in [1.165, 1.54) is 42.7 Å². The Hall–Kier alpha value is -11.7. The molecule has 9 aromatic rings. The van der Waals surface area contributed by atoms with Crippen molar-refractivity contribution in [2.45, 2.75) is 115 Å². The molecule has 5 amide bonds. The third-order valence-corrected chi connectivity index (χ3v) is 22.3. The minimum absolute atomic E-state index is 0.0157. The molecule has 9 heterocycles. The van der Waals surface area contributed by atoms with Gasteiger partial charge in [-0.3, -0.25) is 25.0 Å². The van der Waals surface area contributed by atoms with Crippen LogP contribution in [0.1, 0.15) is 114 Å². The SMILES string of the molecule is CCC(C(=O)Nc1ncnc2c1CC=C2c1nc(Nc2cccc(S(C)(=O)=O)c2F)ncc1C)N1CCN(C)CC1.CCN(C(=O)Nc1nccc2c1CC=C2c1nc(Nc2cn(C)nc2OC)ncc1C)C1CCN(C)CC1.Cc1cnc(Nc2cccc(S(C)(=O)=O)c2F)nc1C1=CCc2c1ccnc2NC(=O)NC(C)C. The maximum Gasteiger partial charge on any atom is 0.323 e. The highest BCUT2D eigenvalue weighted by Gasteiger charge is 2.33. The highest BCUT2D eigenvalue weighted by atomic mass is 32.2. The van der Waals surface area contributed by atoms with Gasteiger partial charge in [0.05, 0.1) is 53.5 Å². The van der Waals surface area contributed by atoms with Gasteiger partial charge in [0.15, 0.2) is 31.3 Å². The molecule has 0 bridgehead atoms. The summed E-state index contributed by atoms with van der Waals surface area (Å²) in [6, 6.07) is 11.5. The van der Waals surface area contributed by atoms with Gasteiger partial charge in [0.1, 0.15) is 39.3 Å². The average Bonchev–Trinajstić information content (AvgIpc) is 1.65. The summed E-state index contributed by atoms with van der Waals surface area (Å²) in [5, 5.41) is 24.8. The number of carbonyl (C=O) groups excluding carboxylic acids is 3. The number of likely N-dealkylation sites (N-methyl/N-ethyl adjacent to an activating group) is 1. The lowest BCUT2D eigenvalue weighted by Gasteiger charge is -2.36. The van der Waals surface area contributed by atoms with E-state index in [-0.39, 0.29) is 59.4 Å². The summed E-state index contributed by atoms with van der Waals surface area (Å²) in [7, 11) is 0.127. The van der Waals surface area contributed by atoms with Crippen LogP contribution in [0.2, 0.25) is 0 Å². The molecule has 2 saturated heterocycles. The number of pyridine rings is 2. The fraction of sp³-hybridized carbons (Fsp3) is 0.367. The maximum atomic E-state index is 14.9. The molecule has 1 atom stereocenters. The van der Waals surface area contributed by atoms with Gasteiger partial charge >= 0.3 is 12.1 Å². The van der Waals surface area contributed by atoms with Crippen LogP contribution in [0.5, 0.6) is 5.88 Å². The first kappa shape index (κ1) is 81.8. The Kier molecular flexibility index (Phi) is 25.2. The standard InChI is InChI=1S/C28H33FN8O3S.C27H35N9O2.C24H25FN6O3S/c1-5-21(37-13-11-36(3)12-14-37)27(38)35-26-19-10-9-18(25(19)31-16-32-26)24-17(2)15-30-28(34-24)33-20-7-6-8-22(23(20)29)41(4,39)40;1-6-36(18-10-13-34(3)14-11-18)27(37)32-24-21-8-7-20(19(21)9-12-28-24)23-17(2)15-29-26(31-23)30-22-16-35(4)33-25(22)38-5;1-13(2)28-24(32)31-22-17-9-8-16(15(17)10-11-26-22)21-14(3)12-27-23(30-21)29-18-6-5-7-19(20(18)25)35(4,33)34/h6-9,15-16,21H,5,10-14H2,1-4H3,(H,30,33,34)(H,31,32,35,38);7,9,12,15-16,18H,6,8,10-11,13-14H2,1-5H3,(H,28,32,37)(H,29,30,31);5-8,10-13H,9H2,1-4H3,(H,27,29,30)(H2,26,28,31,32). The summed E-state index contributed by atoms with van der Waals surface area (Å²) in [4.78, 5) is 91.5. The number of allylic oxidation sites excluding steroid dienone is 3. The first-order valence-corrected chi connectivity index (χ1v) is 41.1. The lowest BCUT2D eigenvalue weighted by atomic mass is 10.0. The van der Waals surface area contributed by atoms with Crippen LogP contribution in [-0.4, -0.2) is 212 Å². The van der Waals surface area contributed by atoms with E-state index in [4.69, 9.17) is 9.72 Å². The van der Waals surface area contributed by atoms with Crippen molar-refractivity contribution in [3.05, 3.63) is 189 Å². The summed E-state index contributed by atoms with van der Waals surface area (Å²) in [6.07, 6.45) is 24.0. The molecule has 0 saturated carbocycles. The van der Waals surface area contributed by atoms with Gasteiger partial charge in [0.25, 0.3) is 5.88 Å². The number of sulfone groups is 2. The Bertz CT molecular complexity index is 5490. The zero-order valence-electron chi connectivity index (χ0n) is 65.8.